The molecule has 11 heteroatoms. The molecule has 1 aromatic carbocycles. The molecule has 4 amide bonds. The maximum absolute atomic E-state index is 13.6. The third kappa shape index (κ3) is 4.84. The van der Waals surface area contributed by atoms with Gasteiger partial charge in [-0.3, -0.25) is 14.4 Å². The third-order valence-corrected chi connectivity index (χ3v) is 8.21. The van der Waals surface area contributed by atoms with E-state index in [-0.39, 0.29) is 30.8 Å². The Kier molecular flexibility index (Phi) is 7.09. The van der Waals surface area contributed by atoms with Gasteiger partial charge in [0.15, 0.2) is 0 Å². The topological polar surface area (TPSA) is 154 Å². The van der Waals surface area contributed by atoms with Crippen molar-refractivity contribution in [3.8, 4) is 0 Å². The zero-order valence-electron chi connectivity index (χ0n) is 21.4. The second kappa shape index (κ2) is 10.5. The molecule has 0 bridgehead atoms. The van der Waals surface area contributed by atoms with Crippen molar-refractivity contribution in [3.05, 3.63) is 41.3 Å². The van der Waals surface area contributed by atoms with Gasteiger partial charge in [0, 0.05) is 24.5 Å². The fourth-order valence-corrected chi connectivity index (χ4v) is 6.05. The van der Waals surface area contributed by atoms with E-state index in [9.17, 15) is 24.3 Å². The van der Waals surface area contributed by atoms with Gasteiger partial charge in [-0.1, -0.05) is 43.3 Å². The van der Waals surface area contributed by atoms with E-state index < -0.39 is 23.5 Å². The Hall–Kier alpha value is -3.89. The number of nitrogens with zero attached hydrogens (tertiary/aromatic N) is 2. The molecule has 5 rings (SSSR count). The van der Waals surface area contributed by atoms with Gasteiger partial charge in [0.1, 0.15) is 17.9 Å². The van der Waals surface area contributed by atoms with Crippen molar-refractivity contribution in [3.63, 3.8) is 0 Å². The molecule has 202 valence electrons. The first-order valence-electron chi connectivity index (χ1n) is 13.2. The van der Waals surface area contributed by atoms with Crippen LogP contribution in [0.5, 0.6) is 0 Å². The van der Waals surface area contributed by atoms with E-state index in [4.69, 9.17) is 4.52 Å². The lowest BCUT2D eigenvalue weighted by Gasteiger charge is -2.29. The zero-order chi connectivity index (χ0) is 26.9. The van der Waals surface area contributed by atoms with E-state index in [0.29, 0.717) is 29.1 Å². The Morgan fingerprint density at radius 3 is 2.58 bits per heavy atom. The van der Waals surface area contributed by atoms with E-state index in [1.807, 2.05) is 0 Å². The normalized spacial score (nSPS) is 22.3. The number of fused-ring (bicyclic) bond motifs is 2. The van der Waals surface area contributed by atoms with E-state index >= 15 is 0 Å². The molecule has 0 radical (unpaired) electrons. The Morgan fingerprint density at radius 1 is 1.18 bits per heavy atom. The van der Waals surface area contributed by atoms with Crippen LogP contribution in [0.15, 0.2) is 29.0 Å². The van der Waals surface area contributed by atoms with Gasteiger partial charge in [0.2, 0.25) is 11.8 Å². The van der Waals surface area contributed by atoms with E-state index in [1.165, 1.54) is 17.6 Å². The van der Waals surface area contributed by atoms with Crippen molar-refractivity contribution in [1.82, 2.24) is 15.4 Å². The van der Waals surface area contributed by atoms with Crippen LogP contribution in [0.1, 0.15) is 73.0 Å². The van der Waals surface area contributed by atoms with Crippen LogP contribution in [0, 0.1) is 12.8 Å². The van der Waals surface area contributed by atoms with Crippen LogP contribution in [0.25, 0.3) is 0 Å². The number of amides is 4. The smallest absolute Gasteiger partial charge is 0.407 e. The molecule has 11 nitrogen and oxygen atoms in total. The number of carboxylic acid groups (broad SMARTS) is 1. The summed E-state index contributed by atoms with van der Waals surface area (Å²) in [6.45, 7) is 2.06. The summed E-state index contributed by atoms with van der Waals surface area (Å²) >= 11 is 0. The van der Waals surface area contributed by atoms with Crippen LogP contribution < -0.4 is 16.0 Å². The number of aromatic nitrogens is 1. The lowest BCUT2D eigenvalue weighted by molar-refractivity contribution is -0.120. The molecule has 1 aliphatic carbocycles. The van der Waals surface area contributed by atoms with E-state index in [1.54, 1.807) is 25.1 Å². The van der Waals surface area contributed by atoms with E-state index in [0.717, 1.165) is 44.1 Å². The lowest BCUT2D eigenvalue weighted by atomic mass is 9.81. The van der Waals surface area contributed by atoms with Crippen molar-refractivity contribution < 1.29 is 28.8 Å². The van der Waals surface area contributed by atoms with Crippen molar-refractivity contribution in [2.24, 2.45) is 5.92 Å². The number of hydrogen-bond acceptors (Lipinski definition) is 6. The molecule has 2 atom stereocenters. The average Bonchev–Trinajstić information content (AvgIpc) is 3.56. The summed E-state index contributed by atoms with van der Waals surface area (Å²) in [6, 6.07) is 4.45. The molecule has 3 heterocycles. The predicted molar refractivity (Wildman–Crippen MR) is 138 cm³/mol. The molecule has 3 aliphatic rings. The summed E-state index contributed by atoms with van der Waals surface area (Å²) in [5.41, 5.74) is 1.62. The van der Waals surface area contributed by atoms with Gasteiger partial charge in [-0.05, 0) is 49.8 Å². The fourth-order valence-electron chi connectivity index (χ4n) is 6.05. The Labute approximate surface area is 220 Å². The molecule has 2 unspecified atom stereocenters. The van der Waals surface area contributed by atoms with Crippen molar-refractivity contribution in [2.45, 2.75) is 69.7 Å². The highest BCUT2D eigenvalue weighted by Crippen LogP contribution is 2.45. The summed E-state index contributed by atoms with van der Waals surface area (Å²) in [4.78, 5) is 52.2. The second-order valence-electron chi connectivity index (χ2n) is 10.6. The van der Waals surface area contributed by atoms with Gasteiger partial charge < -0.3 is 30.5 Å². The Balaban J connectivity index is 1.36. The molecule has 1 saturated carbocycles. The van der Waals surface area contributed by atoms with Crippen LogP contribution in [-0.2, 0) is 15.0 Å². The summed E-state index contributed by atoms with van der Waals surface area (Å²) in [6.07, 6.45) is 7.71. The van der Waals surface area contributed by atoms with Gasteiger partial charge in [0.05, 0.1) is 11.1 Å². The number of carbonyl (C=O) groups is 4. The highest BCUT2D eigenvalue weighted by molar-refractivity contribution is 6.08. The Bertz CT molecular complexity index is 1250. The molecule has 1 saturated heterocycles. The zero-order valence-corrected chi connectivity index (χ0v) is 21.4. The van der Waals surface area contributed by atoms with Gasteiger partial charge in [-0.25, -0.2) is 4.79 Å². The van der Waals surface area contributed by atoms with Crippen LogP contribution in [0.2, 0.25) is 0 Å². The Morgan fingerprint density at radius 2 is 1.92 bits per heavy atom. The second-order valence-corrected chi connectivity index (χ2v) is 10.6. The molecule has 4 N–H and O–H groups in total. The minimum Gasteiger partial charge on any atom is -0.465 e. The number of hydrogen-bond donors (Lipinski definition) is 4. The monoisotopic (exact) mass is 523 g/mol. The summed E-state index contributed by atoms with van der Waals surface area (Å²) in [5.74, 6) is -0.978. The number of carbonyl (C=O) groups excluding carboxylic acids is 3. The SMILES string of the molecule is Cc1nocc1C(=O)NC(C(=O)Nc1ccc2c(c1)NC(=O)C21CCN(C(=O)O)C1)C1CCCCCCC1. The quantitative estimate of drug-likeness (QED) is 0.466. The number of aryl methyl sites for hydroxylation is 1. The van der Waals surface area contributed by atoms with Gasteiger partial charge in [-0.2, -0.15) is 0 Å². The van der Waals surface area contributed by atoms with Crippen LogP contribution in [0.4, 0.5) is 16.2 Å². The number of anilines is 2. The molecule has 2 aliphatic heterocycles. The van der Waals surface area contributed by atoms with Gasteiger partial charge >= 0.3 is 6.09 Å². The molecular formula is C27H33N5O6. The average molecular weight is 524 g/mol. The standard InChI is InChI=1S/C27H33N5O6/c1-16-19(14-38-31-16)23(33)30-22(17-7-5-3-2-4-6-8-17)24(34)28-18-9-10-20-21(13-18)29-25(35)27(20)11-12-32(15-27)26(36)37/h9-10,13-14,17,22H,2-8,11-12,15H2,1H3,(H,28,34)(H,29,35)(H,30,33)(H,36,37). The van der Waals surface area contributed by atoms with Crippen molar-refractivity contribution in [2.75, 3.05) is 23.7 Å². The lowest BCUT2D eigenvalue weighted by Crippen LogP contribution is -2.48. The maximum Gasteiger partial charge on any atom is 0.407 e. The first-order valence-corrected chi connectivity index (χ1v) is 13.2. The molecule has 1 aromatic heterocycles. The summed E-state index contributed by atoms with van der Waals surface area (Å²) in [5, 5.41) is 21.9. The maximum atomic E-state index is 13.6. The fraction of sp³-hybridized carbons (Fsp3) is 0.519. The molecule has 2 fully saturated rings. The van der Waals surface area contributed by atoms with Crippen LogP contribution in [-0.4, -0.2) is 58.1 Å². The number of rotatable bonds is 5. The first-order chi connectivity index (χ1) is 18.3. The molecule has 38 heavy (non-hydrogen) atoms. The number of likely N-dealkylation sites (tertiary alicyclic amines) is 1. The molecule has 1 spiro atoms. The van der Waals surface area contributed by atoms with Crippen LogP contribution in [0.3, 0.4) is 0 Å². The van der Waals surface area contributed by atoms with E-state index in [2.05, 4.69) is 21.1 Å². The minimum absolute atomic E-state index is 0.0164. The van der Waals surface area contributed by atoms with Crippen LogP contribution >= 0.6 is 0 Å². The van der Waals surface area contributed by atoms with Crippen molar-refractivity contribution in [1.29, 1.82) is 0 Å². The first kappa shape index (κ1) is 25.7. The minimum atomic E-state index is -1.05. The third-order valence-electron chi connectivity index (χ3n) is 8.21. The summed E-state index contributed by atoms with van der Waals surface area (Å²) in [7, 11) is 0. The molecule has 2 aromatic rings. The number of nitrogens with one attached hydrogen (secondary N) is 3. The highest BCUT2D eigenvalue weighted by Gasteiger charge is 2.52. The van der Waals surface area contributed by atoms with Gasteiger partial charge in [0.25, 0.3) is 5.91 Å². The van der Waals surface area contributed by atoms with Gasteiger partial charge in [-0.15, -0.1) is 0 Å². The summed E-state index contributed by atoms with van der Waals surface area (Å²) < 4.78 is 4.92. The largest absolute Gasteiger partial charge is 0.465 e. The predicted octanol–water partition coefficient (Wildman–Crippen LogP) is 3.65. The molecular weight excluding hydrogens is 490 g/mol. The van der Waals surface area contributed by atoms with Crippen molar-refractivity contribution >= 4 is 35.2 Å². The number of benzene rings is 1. The highest BCUT2D eigenvalue weighted by atomic mass is 16.5.